The van der Waals surface area contributed by atoms with Crippen molar-refractivity contribution >= 4 is 11.9 Å². The molecule has 0 spiro atoms. The molecular formula is C21H36N6O2. The molecule has 0 aromatic carbocycles. The highest BCUT2D eigenvalue weighted by molar-refractivity contribution is 5.79. The van der Waals surface area contributed by atoms with Crippen LogP contribution in [0.3, 0.4) is 0 Å². The second-order valence-corrected chi connectivity index (χ2v) is 7.77. The lowest BCUT2D eigenvalue weighted by molar-refractivity contribution is -0.130. The number of hydrogen-bond donors (Lipinski definition) is 2. The van der Waals surface area contributed by atoms with Crippen molar-refractivity contribution in [2.45, 2.75) is 32.7 Å². The third-order valence-electron chi connectivity index (χ3n) is 5.76. The summed E-state index contributed by atoms with van der Waals surface area (Å²) in [5, 5.41) is 6.81. The quantitative estimate of drug-likeness (QED) is 0.500. The minimum Gasteiger partial charge on any atom is -0.468 e. The number of furan rings is 1. The minimum atomic E-state index is 0.174. The van der Waals surface area contributed by atoms with Gasteiger partial charge in [-0.25, -0.2) is 0 Å². The monoisotopic (exact) mass is 404 g/mol. The van der Waals surface area contributed by atoms with Gasteiger partial charge in [-0.2, -0.15) is 0 Å². The predicted molar refractivity (Wildman–Crippen MR) is 115 cm³/mol. The topological polar surface area (TPSA) is 76.4 Å². The lowest BCUT2D eigenvalue weighted by Gasteiger charge is -2.34. The van der Waals surface area contributed by atoms with Crippen LogP contribution in [0.5, 0.6) is 0 Å². The predicted octanol–water partition coefficient (Wildman–Crippen LogP) is 1.14. The van der Waals surface area contributed by atoms with Gasteiger partial charge in [-0.05, 0) is 45.0 Å². The molecular weight excluding hydrogens is 368 g/mol. The molecule has 29 heavy (non-hydrogen) atoms. The average Bonchev–Trinajstić information content (AvgIpc) is 3.43. The van der Waals surface area contributed by atoms with E-state index in [2.05, 4.69) is 33.4 Å². The second kappa shape index (κ2) is 11.2. The summed E-state index contributed by atoms with van der Waals surface area (Å²) in [6.07, 6.45) is 4.24. The number of hydrogen-bond acceptors (Lipinski definition) is 5. The molecule has 1 unspecified atom stereocenters. The summed E-state index contributed by atoms with van der Waals surface area (Å²) < 4.78 is 5.70. The molecule has 8 heteroatoms. The number of rotatable bonds is 8. The van der Waals surface area contributed by atoms with Gasteiger partial charge in [-0.3, -0.25) is 19.6 Å². The van der Waals surface area contributed by atoms with Gasteiger partial charge in [-0.15, -0.1) is 0 Å². The first-order valence-electron chi connectivity index (χ1n) is 10.9. The molecule has 2 N–H and O–H groups in total. The number of carbonyl (C=O) groups excluding carboxylic acids is 1. The van der Waals surface area contributed by atoms with Crippen molar-refractivity contribution in [3.63, 3.8) is 0 Å². The van der Waals surface area contributed by atoms with Crippen LogP contribution in [0.25, 0.3) is 0 Å². The highest BCUT2D eigenvalue weighted by Crippen LogP contribution is 2.25. The van der Waals surface area contributed by atoms with Crippen molar-refractivity contribution < 1.29 is 9.21 Å². The Balaban J connectivity index is 1.49. The fraction of sp³-hybridized carbons (Fsp3) is 0.714. The zero-order valence-corrected chi connectivity index (χ0v) is 17.9. The third kappa shape index (κ3) is 6.47. The highest BCUT2D eigenvalue weighted by Gasteiger charge is 2.25. The Labute approximate surface area is 174 Å². The van der Waals surface area contributed by atoms with E-state index in [9.17, 15) is 4.79 Å². The van der Waals surface area contributed by atoms with Gasteiger partial charge in [0.1, 0.15) is 5.76 Å². The third-order valence-corrected chi connectivity index (χ3v) is 5.76. The molecule has 1 aromatic rings. The van der Waals surface area contributed by atoms with E-state index in [-0.39, 0.29) is 11.9 Å². The molecule has 2 fully saturated rings. The van der Waals surface area contributed by atoms with Crippen molar-refractivity contribution in [1.29, 1.82) is 0 Å². The summed E-state index contributed by atoms with van der Waals surface area (Å²) in [5.41, 5.74) is 0. The van der Waals surface area contributed by atoms with E-state index in [4.69, 9.17) is 9.41 Å². The van der Waals surface area contributed by atoms with Crippen LogP contribution in [-0.2, 0) is 4.79 Å². The molecule has 2 aliphatic rings. The lowest BCUT2D eigenvalue weighted by Crippen LogP contribution is -2.50. The van der Waals surface area contributed by atoms with Gasteiger partial charge in [0.2, 0.25) is 5.91 Å². The van der Waals surface area contributed by atoms with Crippen LogP contribution in [0.4, 0.5) is 0 Å². The summed E-state index contributed by atoms with van der Waals surface area (Å²) in [4.78, 5) is 23.1. The molecule has 162 valence electrons. The van der Waals surface area contributed by atoms with Crippen LogP contribution in [0.1, 0.15) is 38.5 Å². The normalized spacial score (nSPS) is 20.1. The number of likely N-dealkylation sites (tertiary alicyclic amines) is 1. The largest absolute Gasteiger partial charge is 0.468 e. The van der Waals surface area contributed by atoms with Crippen molar-refractivity contribution in [1.82, 2.24) is 25.3 Å². The molecule has 2 aliphatic heterocycles. The number of aliphatic imine (C=N–C) groups is 1. The Hall–Kier alpha value is -2.06. The SMILES string of the molecule is CCNC(=NCC(c1ccco1)N1CCCC1)NCCN1CCN(C(C)=O)CC1. The van der Waals surface area contributed by atoms with Gasteiger partial charge in [0, 0.05) is 52.7 Å². The molecule has 8 nitrogen and oxygen atoms in total. The van der Waals surface area contributed by atoms with Gasteiger partial charge >= 0.3 is 0 Å². The number of amides is 1. The second-order valence-electron chi connectivity index (χ2n) is 7.77. The smallest absolute Gasteiger partial charge is 0.219 e. The van der Waals surface area contributed by atoms with Crippen LogP contribution in [0.15, 0.2) is 27.8 Å². The fourth-order valence-corrected chi connectivity index (χ4v) is 4.06. The maximum atomic E-state index is 11.4. The van der Waals surface area contributed by atoms with E-state index >= 15 is 0 Å². The van der Waals surface area contributed by atoms with Crippen molar-refractivity contribution in [3.05, 3.63) is 24.2 Å². The number of guanidine groups is 1. The number of piperazine rings is 1. The molecule has 2 saturated heterocycles. The first kappa shape index (κ1) is 21.6. The van der Waals surface area contributed by atoms with Gasteiger partial charge in [0.05, 0.1) is 18.8 Å². The molecule has 1 amide bonds. The Morgan fingerprint density at radius 1 is 1.17 bits per heavy atom. The lowest BCUT2D eigenvalue weighted by atomic mass is 10.2. The van der Waals surface area contributed by atoms with Crippen molar-refractivity contribution in [2.24, 2.45) is 4.99 Å². The van der Waals surface area contributed by atoms with E-state index in [1.165, 1.54) is 12.8 Å². The molecule has 1 atom stereocenters. The number of carbonyl (C=O) groups is 1. The van der Waals surface area contributed by atoms with Crippen LogP contribution in [0, 0.1) is 0 Å². The number of nitrogens with one attached hydrogen (secondary N) is 2. The summed E-state index contributed by atoms with van der Waals surface area (Å²) in [6.45, 7) is 12.8. The summed E-state index contributed by atoms with van der Waals surface area (Å²) in [6, 6.07) is 4.21. The Bertz CT molecular complexity index is 634. The van der Waals surface area contributed by atoms with Gasteiger partial charge in [-0.1, -0.05) is 0 Å². The van der Waals surface area contributed by atoms with Crippen LogP contribution in [-0.4, -0.2) is 92.0 Å². The molecule has 3 heterocycles. The van der Waals surface area contributed by atoms with Crippen LogP contribution < -0.4 is 10.6 Å². The number of nitrogens with zero attached hydrogens (tertiary/aromatic N) is 4. The summed E-state index contributed by atoms with van der Waals surface area (Å²) >= 11 is 0. The Morgan fingerprint density at radius 2 is 1.93 bits per heavy atom. The standard InChI is InChI=1S/C21H36N6O2/c1-3-22-21(23-8-11-25-12-14-26(15-13-25)18(2)28)24-17-19(20-7-6-16-29-20)27-9-4-5-10-27/h6-7,16,19H,3-5,8-15,17H2,1-2H3,(H2,22,23,24). The maximum absolute atomic E-state index is 11.4. The highest BCUT2D eigenvalue weighted by atomic mass is 16.3. The van der Waals surface area contributed by atoms with Gasteiger partial charge in [0.15, 0.2) is 5.96 Å². The van der Waals surface area contributed by atoms with E-state index in [0.29, 0.717) is 6.54 Å². The van der Waals surface area contributed by atoms with E-state index in [1.807, 2.05) is 11.0 Å². The molecule has 3 rings (SSSR count). The zero-order valence-electron chi connectivity index (χ0n) is 17.9. The van der Waals surface area contributed by atoms with Crippen LogP contribution >= 0.6 is 0 Å². The fourth-order valence-electron chi connectivity index (χ4n) is 4.06. The zero-order chi connectivity index (χ0) is 20.5. The van der Waals surface area contributed by atoms with Gasteiger partial charge < -0.3 is 20.0 Å². The van der Waals surface area contributed by atoms with Gasteiger partial charge in [0.25, 0.3) is 0 Å². The van der Waals surface area contributed by atoms with E-state index in [0.717, 1.165) is 70.6 Å². The molecule has 0 aliphatic carbocycles. The maximum Gasteiger partial charge on any atom is 0.219 e. The van der Waals surface area contributed by atoms with Crippen molar-refractivity contribution in [3.8, 4) is 0 Å². The molecule has 0 bridgehead atoms. The molecule has 0 radical (unpaired) electrons. The first-order valence-corrected chi connectivity index (χ1v) is 10.9. The summed E-state index contributed by atoms with van der Waals surface area (Å²) in [7, 11) is 0. The molecule has 1 aromatic heterocycles. The molecule has 0 saturated carbocycles. The minimum absolute atomic E-state index is 0.174. The Morgan fingerprint density at radius 3 is 2.55 bits per heavy atom. The Kier molecular flexibility index (Phi) is 8.37. The van der Waals surface area contributed by atoms with E-state index in [1.54, 1.807) is 13.2 Å². The van der Waals surface area contributed by atoms with Crippen molar-refractivity contribution in [2.75, 3.05) is 65.4 Å². The first-order chi connectivity index (χ1) is 14.2. The average molecular weight is 405 g/mol. The van der Waals surface area contributed by atoms with Crippen LogP contribution in [0.2, 0.25) is 0 Å². The van der Waals surface area contributed by atoms with E-state index < -0.39 is 0 Å². The summed E-state index contributed by atoms with van der Waals surface area (Å²) in [5.74, 6) is 2.02.